The molecule has 0 bridgehead atoms. The molecule has 0 saturated carbocycles. The minimum absolute atomic E-state index is 0.0975. The van der Waals surface area contributed by atoms with Gasteiger partial charge >= 0.3 is 5.97 Å². The van der Waals surface area contributed by atoms with Crippen LogP contribution in [0.3, 0.4) is 0 Å². The number of alkyl halides is 1. The third kappa shape index (κ3) is 8.22. The highest BCUT2D eigenvalue weighted by Gasteiger charge is 2.40. The van der Waals surface area contributed by atoms with Crippen LogP contribution in [0.15, 0.2) is 11.0 Å². The van der Waals surface area contributed by atoms with Crippen LogP contribution >= 0.6 is 27.3 Å². The average molecular weight is 571 g/mol. The Morgan fingerprint density at radius 1 is 1.23 bits per heavy atom. The van der Waals surface area contributed by atoms with Crippen LogP contribution in [0, 0.1) is 36.0 Å². The number of Topliss-reactive ketones (excluding diaryl/α,β-unsaturated/α-hetero) is 1. The maximum atomic E-state index is 13.5. The smallest absolute Gasteiger partial charge is 0.306 e. The van der Waals surface area contributed by atoms with Crippen molar-refractivity contribution >= 4 is 45.1 Å². The lowest BCUT2D eigenvalue weighted by Gasteiger charge is -2.36. The van der Waals surface area contributed by atoms with Crippen LogP contribution in [0.1, 0.15) is 91.3 Å². The summed E-state index contributed by atoms with van der Waals surface area (Å²) in [5, 5.41) is 13.8. The van der Waals surface area contributed by atoms with Crippen molar-refractivity contribution in [2.24, 2.45) is 29.1 Å². The van der Waals surface area contributed by atoms with Gasteiger partial charge in [-0.2, -0.15) is 0 Å². The van der Waals surface area contributed by atoms with Gasteiger partial charge in [-0.1, -0.05) is 70.3 Å². The lowest BCUT2D eigenvalue weighted by atomic mass is 9.67. The number of carbonyl (C=O) groups excluding carboxylic acids is 2. The SMILES string of the molecule is C/C(=C\c1csc(C)n1)C1C[C@@H](Br)[C@H](O)CCC[C@H](C)[C@H](C)[C@@H](C)C(=O)C(C)(C)[C@@H](C)CC(=O)O1. The van der Waals surface area contributed by atoms with Crippen molar-refractivity contribution in [3.8, 4) is 0 Å². The van der Waals surface area contributed by atoms with Crippen LogP contribution < -0.4 is 0 Å². The van der Waals surface area contributed by atoms with E-state index < -0.39 is 17.6 Å². The zero-order valence-electron chi connectivity index (χ0n) is 22.6. The second kappa shape index (κ2) is 13.0. The number of aliphatic hydroxyl groups excluding tert-OH is 1. The number of hydrogen-bond acceptors (Lipinski definition) is 6. The summed E-state index contributed by atoms with van der Waals surface area (Å²) in [6.07, 6.45) is 4.07. The van der Waals surface area contributed by atoms with Gasteiger partial charge in [0.05, 0.1) is 16.8 Å². The molecule has 35 heavy (non-hydrogen) atoms. The van der Waals surface area contributed by atoms with E-state index in [4.69, 9.17) is 4.74 Å². The highest BCUT2D eigenvalue weighted by atomic mass is 79.9. The molecule has 2 heterocycles. The molecule has 0 aromatic carbocycles. The molecule has 0 radical (unpaired) electrons. The molecule has 7 atom stereocenters. The summed E-state index contributed by atoms with van der Waals surface area (Å²) in [6.45, 7) is 16.2. The molecule has 0 amide bonds. The number of esters is 1. The summed E-state index contributed by atoms with van der Waals surface area (Å²) >= 11 is 5.25. The molecular formula is C28H44BrNO4S. The second-order valence-electron chi connectivity index (χ2n) is 11.2. The third-order valence-corrected chi connectivity index (χ3v) is 10.0. The van der Waals surface area contributed by atoms with Crippen LogP contribution in [0.25, 0.3) is 6.08 Å². The van der Waals surface area contributed by atoms with E-state index >= 15 is 0 Å². The fourth-order valence-corrected chi connectivity index (χ4v) is 6.00. The first-order valence-electron chi connectivity index (χ1n) is 12.9. The summed E-state index contributed by atoms with van der Waals surface area (Å²) in [6, 6.07) is 0. The van der Waals surface area contributed by atoms with Gasteiger partial charge < -0.3 is 9.84 Å². The zero-order chi connectivity index (χ0) is 26.5. The number of halogens is 1. The minimum Gasteiger partial charge on any atom is -0.458 e. The van der Waals surface area contributed by atoms with Gasteiger partial charge in [0.15, 0.2) is 0 Å². The quantitative estimate of drug-likeness (QED) is 0.306. The Labute approximate surface area is 224 Å². The molecule has 1 unspecified atom stereocenters. The number of ether oxygens (including phenoxy) is 1. The van der Waals surface area contributed by atoms with Gasteiger partial charge in [0.2, 0.25) is 0 Å². The van der Waals surface area contributed by atoms with Gasteiger partial charge in [-0.15, -0.1) is 11.3 Å². The first-order chi connectivity index (χ1) is 16.2. The number of ketones is 1. The fourth-order valence-electron chi connectivity index (χ4n) is 4.83. The van der Waals surface area contributed by atoms with Crippen LogP contribution in [-0.4, -0.2) is 38.9 Å². The predicted octanol–water partition coefficient (Wildman–Crippen LogP) is 6.99. The Morgan fingerprint density at radius 3 is 2.49 bits per heavy atom. The number of hydrogen-bond donors (Lipinski definition) is 1. The van der Waals surface area contributed by atoms with E-state index in [1.807, 2.05) is 53.0 Å². The largest absolute Gasteiger partial charge is 0.458 e. The summed E-state index contributed by atoms with van der Waals surface area (Å²) < 4.78 is 5.99. The van der Waals surface area contributed by atoms with Crippen LogP contribution in [0.5, 0.6) is 0 Å². The molecule has 5 nitrogen and oxygen atoms in total. The van der Waals surface area contributed by atoms with Crippen LogP contribution in [-0.2, 0) is 14.3 Å². The number of rotatable bonds is 2. The Balaban J connectivity index is 2.33. The van der Waals surface area contributed by atoms with Crippen molar-refractivity contribution < 1.29 is 19.4 Å². The maximum Gasteiger partial charge on any atom is 0.306 e. The molecule has 198 valence electrons. The standard InChI is InChI=1S/C28H44BrNO4S/c1-16-10-9-11-24(31)23(29)14-25(17(2)12-22-15-35-21(6)30-22)34-26(32)13-18(3)28(7,8)27(33)20(5)19(16)4/h12,15-16,18-20,23-25,31H,9-11,13-14H2,1-8H3/b17-12+/t16-,18-,19-,20+,23+,24+,25?/m0/s1. The normalized spacial score (nSPS) is 34.5. The number of carbonyl (C=O) groups is 2. The molecule has 1 N–H and O–H groups in total. The monoisotopic (exact) mass is 569 g/mol. The lowest BCUT2D eigenvalue weighted by molar-refractivity contribution is -0.150. The number of aryl methyl sites for hydroxylation is 1. The van der Waals surface area contributed by atoms with Crippen molar-refractivity contribution in [2.75, 3.05) is 0 Å². The number of aromatic nitrogens is 1. The molecule has 7 heteroatoms. The van der Waals surface area contributed by atoms with Gasteiger partial charge in [0, 0.05) is 34.4 Å². The van der Waals surface area contributed by atoms with Gasteiger partial charge in [-0.25, -0.2) is 4.98 Å². The minimum atomic E-state index is -0.629. The Morgan fingerprint density at radius 2 is 1.89 bits per heavy atom. The number of thiazole rings is 1. The number of nitrogens with zero attached hydrogens (tertiary/aromatic N) is 1. The van der Waals surface area contributed by atoms with E-state index in [1.165, 1.54) is 0 Å². The van der Waals surface area contributed by atoms with Gasteiger partial charge in [-0.3, -0.25) is 9.59 Å². The predicted molar refractivity (Wildman–Crippen MR) is 148 cm³/mol. The molecule has 0 spiro atoms. The first-order valence-corrected chi connectivity index (χ1v) is 14.7. The van der Waals surface area contributed by atoms with Gasteiger partial charge in [-0.05, 0) is 49.7 Å². The summed E-state index contributed by atoms with van der Waals surface area (Å²) in [7, 11) is 0. The molecule has 0 aliphatic carbocycles. The molecule has 1 aliphatic rings. The second-order valence-corrected chi connectivity index (χ2v) is 13.5. The topological polar surface area (TPSA) is 76.5 Å². The molecular weight excluding hydrogens is 526 g/mol. The van der Waals surface area contributed by atoms with Crippen molar-refractivity contribution in [2.45, 2.75) is 105 Å². The van der Waals surface area contributed by atoms with Gasteiger partial charge in [0.1, 0.15) is 11.9 Å². The molecule has 1 aliphatic heterocycles. The molecule has 1 aromatic heterocycles. The third-order valence-electron chi connectivity index (χ3n) is 8.25. The van der Waals surface area contributed by atoms with Crippen molar-refractivity contribution in [1.29, 1.82) is 0 Å². The van der Waals surface area contributed by atoms with E-state index in [-0.39, 0.29) is 40.8 Å². The number of cyclic esters (lactones) is 1. The summed E-state index contributed by atoms with van der Waals surface area (Å²) in [5.41, 5.74) is 1.10. The molecule has 1 aromatic rings. The van der Waals surface area contributed by atoms with Crippen molar-refractivity contribution in [1.82, 2.24) is 4.98 Å². The summed E-state index contributed by atoms with van der Waals surface area (Å²) in [4.78, 5) is 30.9. The van der Waals surface area contributed by atoms with Crippen LogP contribution in [0.4, 0.5) is 0 Å². The highest BCUT2D eigenvalue weighted by molar-refractivity contribution is 9.09. The van der Waals surface area contributed by atoms with Crippen LogP contribution in [0.2, 0.25) is 0 Å². The maximum absolute atomic E-state index is 13.5. The van der Waals surface area contributed by atoms with Crippen molar-refractivity contribution in [3.63, 3.8) is 0 Å². The Bertz CT molecular complexity index is 895. The molecule has 1 saturated heterocycles. The van der Waals surface area contributed by atoms with E-state index in [1.54, 1.807) is 11.3 Å². The first kappa shape index (κ1) is 30.2. The van der Waals surface area contributed by atoms with Gasteiger partial charge in [0.25, 0.3) is 0 Å². The Kier molecular flexibility index (Phi) is 11.2. The van der Waals surface area contributed by atoms with E-state index in [9.17, 15) is 14.7 Å². The summed E-state index contributed by atoms with van der Waals surface area (Å²) in [5.74, 6) is 0.240. The highest BCUT2D eigenvalue weighted by Crippen LogP contribution is 2.38. The zero-order valence-corrected chi connectivity index (χ0v) is 25.0. The fraction of sp³-hybridized carbons (Fsp3) is 0.750. The number of aliphatic hydroxyl groups is 1. The molecule has 1 fully saturated rings. The van der Waals surface area contributed by atoms with E-state index in [0.29, 0.717) is 18.8 Å². The average Bonchev–Trinajstić information content (AvgIpc) is 3.20. The van der Waals surface area contributed by atoms with Crippen molar-refractivity contribution in [3.05, 3.63) is 21.7 Å². The molecule has 2 rings (SSSR count). The lowest BCUT2D eigenvalue weighted by Crippen LogP contribution is -2.40. The van der Waals surface area contributed by atoms with E-state index in [0.717, 1.165) is 29.1 Å². The van der Waals surface area contributed by atoms with E-state index in [2.05, 4.69) is 34.8 Å². The Hall–Kier alpha value is -1.05.